The molecule has 1 aromatic rings. The Morgan fingerprint density at radius 1 is 1.17 bits per heavy atom. The van der Waals surface area contributed by atoms with Gasteiger partial charge in [0, 0.05) is 18.7 Å². The van der Waals surface area contributed by atoms with Crippen molar-refractivity contribution in [1.82, 2.24) is 4.90 Å². The Hall–Kier alpha value is -1.85. The van der Waals surface area contributed by atoms with Crippen molar-refractivity contribution in [2.75, 3.05) is 20.3 Å². The number of imide groups is 1. The molecule has 2 rings (SSSR count). The molecular formula is C17H20ClNO4. The maximum atomic E-state index is 12.6. The summed E-state index contributed by atoms with van der Waals surface area (Å²) in [6.45, 7) is 4.63. The molecule has 0 N–H and O–H groups in total. The lowest BCUT2D eigenvalue weighted by Crippen LogP contribution is -2.33. The lowest BCUT2D eigenvalue weighted by atomic mass is 10.1. The van der Waals surface area contributed by atoms with Crippen LogP contribution in [0.2, 0.25) is 0 Å². The predicted octanol–water partition coefficient (Wildman–Crippen LogP) is 2.83. The fourth-order valence-corrected chi connectivity index (χ4v) is 2.66. The van der Waals surface area contributed by atoms with Crippen molar-refractivity contribution in [3.05, 3.63) is 34.9 Å². The second-order valence-corrected chi connectivity index (χ2v) is 5.80. The lowest BCUT2D eigenvalue weighted by molar-refractivity contribution is -0.136. The highest BCUT2D eigenvalue weighted by atomic mass is 35.5. The van der Waals surface area contributed by atoms with Gasteiger partial charge in [-0.15, -0.1) is 0 Å². The molecule has 6 heteroatoms. The molecule has 0 atom stereocenters. The molecule has 0 aliphatic carbocycles. The van der Waals surface area contributed by atoms with Gasteiger partial charge in [0.1, 0.15) is 10.8 Å². The van der Waals surface area contributed by atoms with Crippen molar-refractivity contribution in [3.63, 3.8) is 0 Å². The third kappa shape index (κ3) is 3.74. The van der Waals surface area contributed by atoms with E-state index in [-0.39, 0.29) is 23.3 Å². The zero-order chi connectivity index (χ0) is 17.0. The molecule has 0 fully saturated rings. The Kier molecular flexibility index (Phi) is 5.80. The van der Waals surface area contributed by atoms with Crippen LogP contribution in [0.15, 0.2) is 29.3 Å². The summed E-state index contributed by atoms with van der Waals surface area (Å²) < 4.78 is 10.7. The number of nitrogens with zero attached hydrogens (tertiary/aromatic N) is 1. The Labute approximate surface area is 140 Å². The summed E-state index contributed by atoms with van der Waals surface area (Å²) >= 11 is 6.13. The van der Waals surface area contributed by atoms with Gasteiger partial charge in [0.05, 0.1) is 18.8 Å². The van der Waals surface area contributed by atoms with Gasteiger partial charge < -0.3 is 9.47 Å². The van der Waals surface area contributed by atoms with Crippen molar-refractivity contribution in [2.24, 2.45) is 0 Å². The van der Waals surface area contributed by atoms with Gasteiger partial charge in [-0.1, -0.05) is 29.8 Å². The molecule has 0 aromatic heterocycles. The van der Waals surface area contributed by atoms with Crippen LogP contribution in [0, 0.1) is 0 Å². The van der Waals surface area contributed by atoms with E-state index in [9.17, 15) is 9.59 Å². The van der Waals surface area contributed by atoms with Crippen molar-refractivity contribution < 1.29 is 19.1 Å². The summed E-state index contributed by atoms with van der Waals surface area (Å²) in [5.41, 5.74) is 0.721. The predicted molar refractivity (Wildman–Crippen MR) is 88.2 cm³/mol. The Bertz CT molecular complexity index is 639. The summed E-state index contributed by atoms with van der Waals surface area (Å²) in [6.07, 6.45) is 0.685. The number of para-hydroxylation sites is 1. The van der Waals surface area contributed by atoms with Crippen molar-refractivity contribution >= 4 is 29.0 Å². The zero-order valence-electron chi connectivity index (χ0n) is 13.5. The van der Waals surface area contributed by atoms with Crippen molar-refractivity contribution in [3.8, 4) is 5.75 Å². The molecule has 1 aromatic carbocycles. The molecule has 5 nitrogen and oxygen atoms in total. The second kappa shape index (κ2) is 7.62. The maximum absolute atomic E-state index is 12.6. The number of methoxy groups -OCH3 is 1. The lowest BCUT2D eigenvalue weighted by Gasteiger charge is -2.16. The molecule has 2 amide bonds. The highest BCUT2D eigenvalue weighted by molar-refractivity contribution is 6.55. The minimum Gasteiger partial charge on any atom is -0.496 e. The van der Waals surface area contributed by atoms with E-state index in [0.717, 1.165) is 4.90 Å². The van der Waals surface area contributed by atoms with Gasteiger partial charge in [-0.05, 0) is 26.3 Å². The van der Waals surface area contributed by atoms with Crippen LogP contribution in [0.3, 0.4) is 0 Å². The third-order valence-corrected chi connectivity index (χ3v) is 3.82. The standard InChI is InChI=1S/C17H20ClNO4/c1-11(2)23-10-6-9-19-16(20)14(15(18)17(19)21)12-7-4-5-8-13(12)22-3/h4-5,7-8,11H,6,9-10H2,1-3H3. The van der Waals surface area contributed by atoms with Crippen LogP contribution in [0.1, 0.15) is 25.8 Å². The third-order valence-electron chi connectivity index (χ3n) is 3.46. The molecule has 124 valence electrons. The minimum absolute atomic E-state index is 0.0655. The van der Waals surface area contributed by atoms with Crippen LogP contribution in [-0.2, 0) is 14.3 Å². The molecular weight excluding hydrogens is 318 g/mol. The van der Waals surface area contributed by atoms with E-state index in [1.54, 1.807) is 24.3 Å². The van der Waals surface area contributed by atoms with Gasteiger partial charge in [-0.2, -0.15) is 0 Å². The molecule has 0 saturated heterocycles. The van der Waals surface area contributed by atoms with Crippen LogP contribution in [0.5, 0.6) is 5.75 Å². The van der Waals surface area contributed by atoms with E-state index >= 15 is 0 Å². The molecule has 0 unspecified atom stereocenters. The minimum atomic E-state index is -0.470. The number of halogens is 1. The number of carbonyl (C=O) groups is 2. The molecule has 0 bridgehead atoms. The normalized spacial score (nSPS) is 15.1. The molecule has 0 radical (unpaired) electrons. The molecule has 0 saturated carbocycles. The van der Waals surface area contributed by atoms with Crippen molar-refractivity contribution in [1.29, 1.82) is 0 Å². The second-order valence-electron chi connectivity index (χ2n) is 5.42. The van der Waals surface area contributed by atoms with E-state index in [1.165, 1.54) is 7.11 Å². The number of carbonyl (C=O) groups excluding carboxylic acids is 2. The number of hydrogen-bond donors (Lipinski definition) is 0. The first-order chi connectivity index (χ1) is 11.0. The first kappa shape index (κ1) is 17.5. The highest BCUT2D eigenvalue weighted by Crippen LogP contribution is 2.36. The van der Waals surface area contributed by atoms with Gasteiger partial charge in [0.15, 0.2) is 0 Å². The smallest absolute Gasteiger partial charge is 0.273 e. The van der Waals surface area contributed by atoms with Crippen LogP contribution in [-0.4, -0.2) is 43.1 Å². The first-order valence-corrected chi connectivity index (χ1v) is 7.86. The summed E-state index contributed by atoms with van der Waals surface area (Å²) in [5, 5.41) is -0.0655. The topological polar surface area (TPSA) is 55.8 Å². The van der Waals surface area contributed by atoms with Crippen LogP contribution in [0.25, 0.3) is 5.57 Å². The number of amides is 2. The van der Waals surface area contributed by atoms with Crippen LogP contribution >= 0.6 is 11.6 Å². The summed E-state index contributed by atoms with van der Waals surface area (Å²) in [4.78, 5) is 26.0. The van der Waals surface area contributed by atoms with E-state index < -0.39 is 11.8 Å². The van der Waals surface area contributed by atoms with Gasteiger partial charge >= 0.3 is 0 Å². The molecule has 1 aliphatic rings. The summed E-state index contributed by atoms with van der Waals surface area (Å²) in [7, 11) is 1.51. The molecule has 1 aliphatic heterocycles. The molecule has 0 spiro atoms. The summed E-state index contributed by atoms with van der Waals surface area (Å²) in [6, 6.07) is 7.00. The average molecular weight is 338 g/mol. The largest absolute Gasteiger partial charge is 0.496 e. The average Bonchev–Trinajstić information content (AvgIpc) is 2.74. The summed E-state index contributed by atoms with van der Waals surface area (Å²) in [5.74, 6) is -0.358. The van der Waals surface area contributed by atoms with E-state index in [1.807, 2.05) is 13.8 Å². The molecule has 1 heterocycles. The SMILES string of the molecule is COc1ccccc1C1=C(Cl)C(=O)N(CCCOC(C)C)C1=O. The Balaban J connectivity index is 2.16. The number of benzene rings is 1. The maximum Gasteiger partial charge on any atom is 0.273 e. The monoisotopic (exact) mass is 337 g/mol. The van der Waals surface area contributed by atoms with Crippen LogP contribution < -0.4 is 4.74 Å². The highest BCUT2D eigenvalue weighted by Gasteiger charge is 2.38. The van der Waals surface area contributed by atoms with E-state index in [4.69, 9.17) is 21.1 Å². The fraction of sp³-hybridized carbons (Fsp3) is 0.412. The van der Waals surface area contributed by atoms with E-state index in [0.29, 0.717) is 24.3 Å². The van der Waals surface area contributed by atoms with E-state index in [2.05, 4.69) is 0 Å². The Morgan fingerprint density at radius 2 is 1.87 bits per heavy atom. The van der Waals surface area contributed by atoms with Gasteiger partial charge in [-0.25, -0.2) is 0 Å². The van der Waals surface area contributed by atoms with Crippen molar-refractivity contribution in [2.45, 2.75) is 26.4 Å². The number of ether oxygens (including phenoxy) is 2. The first-order valence-electron chi connectivity index (χ1n) is 7.48. The van der Waals surface area contributed by atoms with Gasteiger partial charge in [-0.3, -0.25) is 14.5 Å². The fourth-order valence-electron chi connectivity index (χ4n) is 2.38. The zero-order valence-corrected chi connectivity index (χ0v) is 14.2. The number of rotatable bonds is 7. The Morgan fingerprint density at radius 3 is 2.52 bits per heavy atom. The van der Waals surface area contributed by atoms with Gasteiger partial charge in [0.2, 0.25) is 0 Å². The quantitative estimate of drug-likeness (QED) is 0.567. The number of hydrogen-bond acceptors (Lipinski definition) is 4. The molecule has 23 heavy (non-hydrogen) atoms. The van der Waals surface area contributed by atoms with Crippen LogP contribution in [0.4, 0.5) is 0 Å². The van der Waals surface area contributed by atoms with Gasteiger partial charge in [0.25, 0.3) is 11.8 Å².